The molecule has 0 fully saturated rings. The molecule has 0 aliphatic carbocycles. The normalized spacial score (nSPS) is 11.6. The lowest BCUT2D eigenvalue weighted by atomic mass is 10.1. The molecule has 0 bridgehead atoms. The number of nitrogens with zero attached hydrogens (tertiary/aromatic N) is 1. The van der Waals surface area contributed by atoms with Crippen LogP contribution in [0.15, 0.2) is 29.3 Å². The fraction of sp³-hybridized carbons (Fsp3) is 0.588. The second kappa shape index (κ2) is 11.5. The molecule has 6 heteroatoms. The second-order valence-electron chi connectivity index (χ2n) is 5.70. The van der Waals surface area contributed by atoms with Crippen LogP contribution in [0.3, 0.4) is 0 Å². The predicted octanol–water partition coefficient (Wildman–Crippen LogP) is 2.97. The van der Waals surface area contributed by atoms with Crippen molar-refractivity contribution in [2.24, 2.45) is 4.99 Å². The minimum absolute atomic E-state index is 0. The van der Waals surface area contributed by atoms with Crippen molar-refractivity contribution in [3.05, 3.63) is 29.8 Å². The standard InChI is InChI=1S/C17H29N3O2.HI/c1-6-18-16(20-13-17(3,4)21-5)19-11-12-22-15-10-8-7-9-14(15)2;/h7-10H,6,11-13H2,1-5H3,(H2,18,19,20);1H. The van der Waals surface area contributed by atoms with E-state index in [1.165, 1.54) is 0 Å². The van der Waals surface area contributed by atoms with E-state index in [2.05, 4.69) is 15.6 Å². The van der Waals surface area contributed by atoms with Gasteiger partial charge in [0.05, 0.1) is 18.7 Å². The van der Waals surface area contributed by atoms with Gasteiger partial charge in [0.25, 0.3) is 0 Å². The van der Waals surface area contributed by atoms with Gasteiger partial charge in [0.2, 0.25) is 0 Å². The third kappa shape index (κ3) is 9.00. The number of benzene rings is 1. The minimum atomic E-state index is -0.264. The molecule has 5 nitrogen and oxygen atoms in total. The van der Waals surface area contributed by atoms with Crippen LogP contribution in [0.1, 0.15) is 26.3 Å². The van der Waals surface area contributed by atoms with Crippen LogP contribution in [0.5, 0.6) is 5.75 Å². The van der Waals surface area contributed by atoms with Gasteiger partial charge in [-0.3, -0.25) is 4.99 Å². The lowest BCUT2D eigenvalue weighted by Gasteiger charge is -2.21. The molecule has 0 aromatic heterocycles. The van der Waals surface area contributed by atoms with Crippen LogP contribution >= 0.6 is 24.0 Å². The summed E-state index contributed by atoms with van der Waals surface area (Å²) in [5.41, 5.74) is 0.880. The third-order valence-corrected chi connectivity index (χ3v) is 3.26. The maximum Gasteiger partial charge on any atom is 0.191 e. The first kappa shape index (κ1) is 22.0. The van der Waals surface area contributed by atoms with E-state index in [1.54, 1.807) is 7.11 Å². The zero-order chi connectivity index (χ0) is 16.4. The Balaban J connectivity index is 0.00000484. The highest BCUT2D eigenvalue weighted by molar-refractivity contribution is 14.0. The number of hydrogen-bond donors (Lipinski definition) is 2. The van der Waals surface area contributed by atoms with Crippen LogP contribution in [0.4, 0.5) is 0 Å². The molecule has 0 heterocycles. The largest absolute Gasteiger partial charge is 0.491 e. The van der Waals surface area contributed by atoms with Crippen molar-refractivity contribution in [1.29, 1.82) is 0 Å². The van der Waals surface area contributed by atoms with Gasteiger partial charge in [-0.2, -0.15) is 0 Å². The number of aryl methyl sites for hydroxylation is 1. The van der Waals surface area contributed by atoms with Gasteiger partial charge in [0.15, 0.2) is 5.96 Å². The fourth-order valence-corrected chi connectivity index (χ4v) is 1.72. The van der Waals surface area contributed by atoms with Gasteiger partial charge in [-0.15, -0.1) is 24.0 Å². The first-order valence-electron chi connectivity index (χ1n) is 7.74. The van der Waals surface area contributed by atoms with Crippen molar-refractivity contribution in [3.8, 4) is 5.75 Å². The van der Waals surface area contributed by atoms with E-state index < -0.39 is 0 Å². The molecule has 132 valence electrons. The Bertz CT molecular complexity index is 479. The van der Waals surface area contributed by atoms with E-state index in [0.717, 1.165) is 23.8 Å². The van der Waals surface area contributed by atoms with Crippen molar-refractivity contribution in [3.63, 3.8) is 0 Å². The second-order valence-corrected chi connectivity index (χ2v) is 5.70. The minimum Gasteiger partial charge on any atom is -0.491 e. The highest BCUT2D eigenvalue weighted by Gasteiger charge is 2.15. The van der Waals surface area contributed by atoms with Gasteiger partial charge in [0.1, 0.15) is 12.4 Å². The number of aliphatic imine (C=N–C) groups is 1. The maximum absolute atomic E-state index is 5.76. The zero-order valence-corrected chi connectivity index (χ0v) is 17.1. The summed E-state index contributed by atoms with van der Waals surface area (Å²) in [6.07, 6.45) is 0. The van der Waals surface area contributed by atoms with Crippen LogP contribution in [0, 0.1) is 6.92 Å². The molecular weight excluding hydrogens is 405 g/mol. The lowest BCUT2D eigenvalue weighted by molar-refractivity contribution is 0.0310. The molecule has 0 aliphatic heterocycles. The maximum atomic E-state index is 5.76. The number of para-hydroxylation sites is 1. The molecule has 0 unspecified atom stereocenters. The number of ether oxygens (including phenoxy) is 2. The highest BCUT2D eigenvalue weighted by Crippen LogP contribution is 2.15. The van der Waals surface area contributed by atoms with Gasteiger partial charge >= 0.3 is 0 Å². The number of guanidine groups is 1. The van der Waals surface area contributed by atoms with Gasteiger partial charge in [0, 0.05) is 13.7 Å². The Morgan fingerprint density at radius 2 is 1.91 bits per heavy atom. The Morgan fingerprint density at radius 1 is 1.22 bits per heavy atom. The van der Waals surface area contributed by atoms with Crippen LogP contribution in [0.25, 0.3) is 0 Å². The average Bonchev–Trinajstić information content (AvgIpc) is 2.50. The van der Waals surface area contributed by atoms with Crippen molar-refractivity contribution in [1.82, 2.24) is 10.6 Å². The summed E-state index contributed by atoms with van der Waals surface area (Å²) in [7, 11) is 1.70. The van der Waals surface area contributed by atoms with Crippen LogP contribution < -0.4 is 15.4 Å². The highest BCUT2D eigenvalue weighted by atomic mass is 127. The first-order chi connectivity index (χ1) is 10.5. The molecule has 1 aromatic rings. The molecular formula is C17H30IN3O2. The third-order valence-electron chi connectivity index (χ3n) is 3.26. The van der Waals surface area contributed by atoms with Crippen molar-refractivity contribution < 1.29 is 9.47 Å². The first-order valence-corrected chi connectivity index (χ1v) is 7.74. The number of halogens is 1. The van der Waals surface area contributed by atoms with Crippen LogP contribution in [-0.2, 0) is 4.74 Å². The van der Waals surface area contributed by atoms with Gasteiger partial charge < -0.3 is 20.1 Å². The molecule has 0 amide bonds. The topological polar surface area (TPSA) is 54.9 Å². The van der Waals surface area contributed by atoms with E-state index in [-0.39, 0.29) is 29.6 Å². The number of rotatable bonds is 8. The smallest absolute Gasteiger partial charge is 0.191 e. The van der Waals surface area contributed by atoms with Crippen molar-refractivity contribution >= 4 is 29.9 Å². The molecule has 0 saturated carbocycles. The molecule has 1 rings (SSSR count). The molecule has 0 spiro atoms. The predicted molar refractivity (Wildman–Crippen MR) is 107 cm³/mol. The van der Waals surface area contributed by atoms with E-state index in [1.807, 2.05) is 52.0 Å². The molecule has 0 saturated heterocycles. The summed E-state index contributed by atoms with van der Waals surface area (Å²) in [5, 5.41) is 6.48. The van der Waals surface area contributed by atoms with Crippen LogP contribution in [0.2, 0.25) is 0 Å². The van der Waals surface area contributed by atoms with E-state index >= 15 is 0 Å². The monoisotopic (exact) mass is 435 g/mol. The lowest BCUT2D eigenvalue weighted by Crippen LogP contribution is -2.40. The fourth-order valence-electron chi connectivity index (χ4n) is 1.72. The molecule has 0 aliphatic rings. The summed E-state index contributed by atoms with van der Waals surface area (Å²) in [4.78, 5) is 4.53. The van der Waals surface area contributed by atoms with Gasteiger partial charge in [-0.25, -0.2) is 0 Å². The quantitative estimate of drug-likeness (QED) is 0.285. The molecule has 0 radical (unpaired) electrons. The molecule has 2 N–H and O–H groups in total. The van der Waals surface area contributed by atoms with Gasteiger partial charge in [-0.1, -0.05) is 18.2 Å². The SMILES string of the molecule is CCNC(=NCC(C)(C)OC)NCCOc1ccccc1C.I. The Labute approximate surface area is 157 Å². The van der Waals surface area contributed by atoms with E-state index in [0.29, 0.717) is 19.7 Å². The number of methoxy groups -OCH3 is 1. The van der Waals surface area contributed by atoms with Crippen molar-refractivity contribution in [2.75, 3.05) is 33.4 Å². The summed E-state index contributed by atoms with van der Waals surface area (Å²) in [5.74, 6) is 1.70. The van der Waals surface area contributed by atoms with Gasteiger partial charge in [-0.05, 0) is 39.3 Å². The van der Waals surface area contributed by atoms with E-state index in [4.69, 9.17) is 9.47 Å². The number of nitrogens with one attached hydrogen (secondary N) is 2. The summed E-state index contributed by atoms with van der Waals surface area (Å²) in [6.45, 7) is 10.8. The molecule has 0 atom stereocenters. The summed E-state index contributed by atoms with van der Waals surface area (Å²) < 4.78 is 11.1. The molecule has 23 heavy (non-hydrogen) atoms. The van der Waals surface area contributed by atoms with Crippen LogP contribution in [-0.4, -0.2) is 44.9 Å². The van der Waals surface area contributed by atoms with E-state index in [9.17, 15) is 0 Å². The Morgan fingerprint density at radius 3 is 2.52 bits per heavy atom. The van der Waals surface area contributed by atoms with Crippen molar-refractivity contribution in [2.45, 2.75) is 33.3 Å². The summed E-state index contributed by atoms with van der Waals surface area (Å²) in [6, 6.07) is 8.01. The summed E-state index contributed by atoms with van der Waals surface area (Å²) >= 11 is 0. The zero-order valence-electron chi connectivity index (χ0n) is 14.8. The number of hydrogen-bond acceptors (Lipinski definition) is 3. The Hall–Kier alpha value is -1.02. The Kier molecular flexibility index (Phi) is 11.0. The molecule has 1 aromatic carbocycles. The average molecular weight is 435 g/mol.